The number of nitrogens with zero attached hydrogens (tertiary/aromatic N) is 5. The molecule has 0 fully saturated rings. The van der Waals surface area contributed by atoms with Crippen LogP contribution in [0.15, 0.2) is 12.4 Å². The maximum absolute atomic E-state index is 4.40. The highest BCUT2D eigenvalue weighted by molar-refractivity contribution is 7.09. The van der Waals surface area contributed by atoms with Gasteiger partial charge in [-0.3, -0.25) is 4.68 Å². The smallest absolute Gasteiger partial charge is 0.202 e. The molecule has 7 heteroatoms. The molecule has 0 saturated heterocycles. The van der Waals surface area contributed by atoms with E-state index >= 15 is 0 Å². The van der Waals surface area contributed by atoms with E-state index in [0.29, 0.717) is 0 Å². The van der Waals surface area contributed by atoms with Crippen LogP contribution >= 0.6 is 11.5 Å². The van der Waals surface area contributed by atoms with E-state index in [1.807, 2.05) is 10.9 Å². The highest BCUT2D eigenvalue weighted by atomic mass is 32.1. The van der Waals surface area contributed by atoms with Gasteiger partial charge in [0.25, 0.3) is 0 Å². The summed E-state index contributed by atoms with van der Waals surface area (Å²) in [6.45, 7) is 3.88. The zero-order valence-electron chi connectivity index (χ0n) is 9.83. The molecule has 0 radical (unpaired) electrons. The van der Waals surface area contributed by atoms with E-state index < -0.39 is 0 Å². The van der Waals surface area contributed by atoms with Gasteiger partial charge >= 0.3 is 0 Å². The molecular formula is C10H16N6S. The summed E-state index contributed by atoms with van der Waals surface area (Å²) in [5, 5.41) is 11.8. The van der Waals surface area contributed by atoms with Crippen LogP contribution in [0.2, 0.25) is 0 Å². The Morgan fingerprint density at radius 1 is 1.47 bits per heavy atom. The largest absolute Gasteiger partial charge is 0.360 e. The van der Waals surface area contributed by atoms with Crippen molar-refractivity contribution in [3.63, 3.8) is 0 Å². The first-order valence-corrected chi connectivity index (χ1v) is 6.56. The van der Waals surface area contributed by atoms with Crippen molar-refractivity contribution in [2.75, 3.05) is 11.9 Å². The summed E-state index contributed by atoms with van der Waals surface area (Å²) in [6, 6.07) is 0. The molecule has 0 saturated carbocycles. The predicted octanol–water partition coefficient (Wildman–Crippen LogP) is 1.58. The van der Waals surface area contributed by atoms with Gasteiger partial charge in [-0.15, -0.1) is 5.10 Å². The van der Waals surface area contributed by atoms with E-state index in [0.717, 1.165) is 43.3 Å². The lowest BCUT2D eigenvalue weighted by Gasteiger charge is -2.01. The van der Waals surface area contributed by atoms with Crippen molar-refractivity contribution >= 4 is 16.7 Å². The van der Waals surface area contributed by atoms with Gasteiger partial charge in [0.1, 0.15) is 5.82 Å². The molecule has 0 spiro atoms. The van der Waals surface area contributed by atoms with Gasteiger partial charge in [0.05, 0.1) is 6.20 Å². The number of rotatable bonds is 7. The number of aromatic nitrogens is 5. The predicted molar refractivity (Wildman–Crippen MR) is 67.0 cm³/mol. The number of aryl methyl sites for hydroxylation is 2. The van der Waals surface area contributed by atoms with Crippen molar-refractivity contribution < 1.29 is 0 Å². The van der Waals surface area contributed by atoms with Gasteiger partial charge < -0.3 is 5.32 Å². The normalized spacial score (nSPS) is 10.6. The lowest BCUT2D eigenvalue weighted by Crippen LogP contribution is -2.07. The summed E-state index contributed by atoms with van der Waals surface area (Å²) in [7, 11) is 0. The van der Waals surface area contributed by atoms with Gasteiger partial charge in [-0.1, -0.05) is 12.1 Å². The Morgan fingerprint density at radius 3 is 3.18 bits per heavy atom. The maximum atomic E-state index is 4.40. The average Bonchev–Trinajstić information content (AvgIpc) is 2.96. The molecule has 1 N–H and O–H groups in total. The van der Waals surface area contributed by atoms with Crippen LogP contribution in [0.25, 0.3) is 0 Å². The zero-order valence-corrected chi connectivity index (χ0v) is 10.7. The number of nitrogens with one attached hydrogen (secondary N) is 1. The van der Waals surface area contributed by atoms with E-state index in [9.17, 15) is 0 Å². The van der Waals surface area contributed by atoms with E-state index in [1.165, 1.54) is 11.5 Å². The third kappa shape index (κ3) is 3.77. The first-order valence-electron chi connectivity index (χ1n) is 5.79. The molecule has 2 heterocycles. The molecule has 0 aromatic carbocycles. The van der Waals surface area contributed by atoms with E-state index in [4.69, 9.17) is 0 Å². The van der Waals surface area contributed by atoms with Gasteiger partial charge in [-0.05, 0) is 12.8 Å². The molecule has 0 bridgehead atoms. The number of hydrogen-bond acceptors (Lipinski definition) is 6. The Labute approximate surface area is 104 Å². The van der Waals surface area contributed by atoms with Gasteiger partial charge in [0.15, 0.2) is 0 Å². The first-order chi connectivity index (χ1) is 8.38. The second kappa shape index (κ2) is 6.29. The molecule has 6 nitrogen and oxygen atoms in total. The summed E-state index contributed by atoms with van der Waals surface area (Å²) in [5.41, 5.74) is 0. The molecule has 0 atom stereocenters. The molecule has 0 unspecified atom stereocenters. The Morgan fingerprint density at radius 2 is 2.41 bits per heavy atom. The standard InChI is InChI=1S/C10H16N6S/c1-2-4-9-13-10(17-14-9)11-5-3-7-16-8-6-12-15-16/h6,8H,2-5,7H2,1H3,(H,11,13,14). The molecule has 2 aromatic heterocycles. The SMILES string of the molecule is CCCc1nsc(NCCCn2ccnn2)n1. The van der Waals surface area contributed by atoms with Crippen LogP contribution in [0.5, 0.6) is 0 Å². The lowest BCUT2D eigenvalue weighted by molar-refractivity contribution is 0.569. The Bertz CT molecular complexity index is 424. The van der Waals surface area contributed by atoms with E-state index in [1.54, 1.807) is 6.20 Å². The molecule has 2 rings (SSSR count). The molecule has 0 aliphatic carbocycles. The zero-order chi connectivity index (χ0) is 11.9. The fourth-order valence-corrected chi connectivity index (χ4v) is 2.08. The molecule has 0 aliphatic rings. The highest BCUT2D eigenvalue weighted by Gasteiger charge is 2.01. The van der Waals surface area contributed by atoms with Crippen LogP contribution in [0.3, 0.4) is 0 Å². The first kappa shape index (κ1) is 12.0. The van der Waals surface area contributed by atoms with E-state index in [-0.39, 0.29) is 0 Å². The van der Waals surface area contributed by atoms with Gasteiger partial charge in [0.2, 0.25) is 5.13 Å². The van der Waals surface area contributed by atoms with Gasteiger partial charge in [-0.2, -0.15) is 4.37 Å². The number of hydrogen-bond donors (Lipinski definition) is 1. The minimum atomic E-state index is 0.869. The summed E-state index contributed by atoms with van der Waals surface area (Å²) in [5.74, 6) is 0.941. The summed E-state index contributed by atoms with van der Waals surface area (Å²) in [4.78, 5) is 4.40. The maximum Gasteiger partial charge on any atom is 0.202 e. The summed E-state index contributed by atoms with van der Waals surface area (Å²) < 4.78 is 6.10. The van der Waals surface area contributed by atoms with Crippen LogP contribution in [-0.4, -0.2) is 30.9 Å². The van der Waals surface area contributed by atoms with Gasteiger partial charge in [-0.25, -0.2) is 4.98 Å². The van der Waals surface area contributed by atoms with Crippen LogP contribution in [-0.2, 0) is 13.0 Å². The summed E-state index contributed by atoms with van der Waals surface area (Å²) >= 11 is 1.43. The van der Waals surface area contributed by atoms with E-state index in [2.05, 4.69) is 31.9 Å². The van der Waals surface area contributed by atoms with Crippen molar-refractivity contribution in [3.05, 3.63) is 18.2 Å². The van der Waals surface area contributed by atoms with Crippen molar-refractivity contribution in [1.82, 2.24) is 24.4 Å². The molecule has 0 aliphatic heterocycles. The van der Waals surface area contributed by atoms with Crippen molar-refractivity contribution in [2.24, 2.45) is 0 Å². The van der Waals surface area contributed by atoms with Crippen LogP contribution in [0.1, 0.15) is 25.6 Å². The molecule has 0 amide bonds. The third-order valence-corrected chi connectivity index (χ3v) is 2.96. The van der Waals surface area contributed by atoms with Crippen LogP contribution < -0.4 is 5.32 Å². The minimum absolute atomic E-state index is 0.869. The fourth-order valence-electron chi connectivity index (χ4n) is 1.44. The van der Waals surface area contributed by atoms with Crippen LogP contribution in [0, 0.1) is 0 Å². The van der Waals surface area contributed by atoms with Gasteiger partial charge in [0, 0.05) is 37.2 Å². The van der Waals surface area contributed by atoms with Crippen molar-refractivity contribution in [1.29, 1.82) is 0 Å². The molecule has 17 heavy (non-hydrogen) atoms. The molecule has 92 valence electrons. The molecule has 2 aromatic rings. The Hall–Kier alpha value is -1.50. The lowest BCUT2D eigenvalue weighted by atomic mass is 10.3. The second-order valence-corrected chi connectivity index (χ2v) is 4.46. The Balaban J connectivity index is 1.67. The monoisotopic (exact) mass is 252 g/mol. The molecular weight excluding hydrogens is 236 g/mol. The fraction of sp³-hybridized carbons (Fsp3) is 0.600. The topological polar surface area (TPSA) is 68.5 Å². The third-order valence-electron chi connectivity index (χ3n) is 2.25. The average molecular weight is 252 g/mol. The Kier molecular flexibility index (Phi) is 4.43. The quantitative estimate of drug-likeness (QED) is 0.758. The number of anilines is 1. The summed E-state index contributed by atoms with van der Waals surface area (Å²) in [6.07, 6.45) is 6.59. The highest BCUT2D eigenvalue weighted by Crippen LogP contribution is 2.11. The second-order valence-electron chi connectivity index (χ2n) is 3.71. The van der Waals surface area contributed by atoms with Crippen molar-refractivity contribution in [2.45, 2.75) is 32.7 Å². The van der Waals surface area contributed by atoms with Crippen molar-refractivity contribution in [3.8, 4) is 0 Å². The minimum Gasteiger partial charge on any atom is -0.360 e. The van der Waals surface area contributed by atoms with Crippen LogP contribution in [0.4, 0.5) is 5.13 Å².